The molecule has 0 radical (unpaired) electrons. The maximum Gasteiger partial charge on any atom is 0.328 e. The number of benzene rings is 1. The van der Waals surface area contributed by atoms with Crippen LogP contribution in [0.1, 0.15) is 16.3 Å². The van der Waals surface area contributed by atoms with Gasteiger partial charge in [0.15, 0.2) is 4.96 Å². The fraction of sp³-hybridized carbons (Fsp3) is 0.125. The quantitative estimate of drug-likeness (QED) is 0.442. The minimum Gasteiger partial charge on any atom is -0.478 e. The van der Waals surface area contributed by atoms with Crippen molar-refractivity contribution in [3.8, 4) is 11.3 Å². The van der Waals surface area contributed by atoms with Crippen molar-refractivity contribution >= 4 is 34.0 Å². The van der Waals surface area contributed by atoms with Gasteiger partial charge in [-0.15, -0.1) is 11.3 Å². The molecule has 2 aromatic heterocycles. The lowest BCUT2D eigenvalue weighted by Crippen LogP contribution is -1.93. The number of imidazole rings is 1. The Morgan fingerprint density at radius 1 is 1.42 bits per heavy atom. The van der Waals surface area contributed by atoms with Crippen LogP contribution in [0.2, 0.25) is 0 Å². The van der Waals surface area contributed by atoms with E-state index >= 15 is 0 Å². The number of rotatable bonds is 4. The van der Waals surface area contributed by atoms with Crippen LogP contribution in [0.15, 0.2) is 30.3 Å². The number of nitro groups is 1. The molecule has 0 aliphatic rings. The molecule has 7 nitrogen and oxygen atoms in total. The van der Waals surface area contributed by atoms with Gasteiger partial charge in [-0.25, -0.2) is 9.78 Å². The van der Waals surface area contributed by atoms with Crippen molar-refractivity contribution in [3.05, 3.63) is 56.7 Å². The van der Waals surface area contributed by atoms with Crippen molar-refractivity contribution in [3.63, 3.8) is 0 Å². The molecule has 0 saturated heterocycles. The van der Waals surface area contributed by atoms with Crippen LogP contribution in [-0.2, 0) is 4.79 Å². The van der Waals surface area contributed by atoms with Gasteiger partial charge >= 0.3 is 5.97 Å². The van der Waals surface area contributed by atoms with E-state index in [0.717, 1.165) is 21.6 Å². The van der Waals surface area contributed by atoms with Gasteiger partial charge in [0.2, 0.25) is 0 Å². The van der Waals surface area contributed by atoms with Gasteiger partial charge < -0.3 is 5.11 Å². The van der Waals surface area contributed by atoms with Gasteiger partial charge in [-0.3, -0.25) is 14.5 Å². The Morgan fingerprint density at radius 2 is 2.17 bits per heavy atom. The predicted octanol–water partition coefficient (Wildman–Crippen LogP) is 3.69. The van der Waals surface area contributed by atoms with Crippen LogP contribution in [0.5, 0.6) is 0 Å². The molecule has 2 heterocycles. The third-order valence-corrected chi connectivity index (χ3v) is 4.74. The number of fused-ring (bicyclic) bond motifs is 1. The van der Waals surface area contributed by atoms with E-state index in [9.17, 15) is 14.9 Å². The fourth-order valence-corrected chi connectivity index (χ4v) is 3.43. The Kier molecular flexibility index (Phi) is 3.90. The highest BCUT2D eigenvalue weighted by Crippen LogP contribution is 2.32. The number of nitrogens with zero attached hydrogens (tertiary/aromatic N) is 3. The van der Waals surface area contributed by atoms with E-state index < -0.39 is 10.9 Å². The van der Waals surface area contributed by atoms with Gasteiger partial charge in [0.05, 0.1) is 16.3 Å². The molecular weight excluding hydrogens is 330 g/mol. The van der Waals surface area contributed by atoms with E-state index in [0.29, 0.717) is 17.0 Å². The molecule has 0 saturated carbocycles. The first kappa shape index (κ1) is 15.9. The summed E-state index contributed by atoms with van der Waals surface area (Å²) in [6.07, 6.45) is 2.51. The predicted molar refractivity (Wildman–Crippen MR) is 91.3 cm³/mol. The van der Waals surface area contributed by atoms with E-state index in [1.165, 1.54) is 29.5 Å². The standard InChI is InChI=1S/C16H13N3O4S/c1-9-10(2)24-16-17-15(13(18(9)16)6-7-14(20)21)11-4-3-5-12(8-11)19(22)23/h3-8H,1-2H3,(H,20,21)/b7-6+. The van der Waals surface area contributed by atoms with Crippen molar-refractivity contribution in [2.75, 3.05) is 0 Å². The number of nitro benzene ring substituents is 1. The topological polar surface area (TPSA) is 97.7 Å². The zero-order chi connectivity index (χ0) is 17.4. The van der Waals surface area contributed by atoms with Crippen molar-refractivity contribution in [2.45, 2.75) is 13.8 Å². The monoisotopic (exact) mass is 343 g/mol. The van der Waals surface area contributed by atoms with E-state index in [1.807, 2.05) is 18.2 Å². The minimum atomic E-state index is -1.07. The average molecular weight is 343 g/mol. The molecule has 1 aromatic carbocycles. The molecule has 0 aliphatic heterocycles. The SMILES string of the molecule is Cc1sc2nc(-c3cccc([N+](=O)[O-])c3)c(/C=C/C(=O)O)n2c1C. The summed E-state index contributed by atoms with van der Waals surface area (Å²) in [6, 6.07) is 6.15. The zero-order valence-electron chi connectivity index (χ0n) is 12.9. The van der Waals surface area contributed by atoms with Crippen LogP contribution in [-0.4, -0.2) is 25.4 Å². The van der Waals surface area contributed by atoms with E-state index in [2.05, 4.69) is 4.98 Å². The maximum absolute atomic E-state index is 11.0. The van der Waals surface area contributed by atoms with Crippen molar-refractivity contribution in [1.29, 1.82) is 0 Å². The van der Waals surface area contributed by atoms with Gasteiger partial charge in [-0.2, -0.15) is 0 Å². The van der Waals surface area contributed by atoms with Crippen LogP contribution >= 0.6 is 11.3 Å². The highest BCUT2D eigenvalue weighted by molar-refractivity contribution is 7.17. The summed E-state index contributed by atoms with van der Waals surface area (Å²) >= 11 is 1.49. The largest absolute Gasteiger partial charge is 0.478 e. The number of carboxylic acids is 1. The Bertz CT molecular complexity index is 1000. The molecule has 0 unspecified atom stereocenters. The number of carboxylic acid groups (broad SMARTS) is 1. The second-order valence-electron chi connectivity index (χ2n) is 5.19. The number of aliphatic carboxylic acids is 1. The highest BCUT2D eigenvalue weighted by Gasteiger charge is 2.18. The first-order chi connectivity index (χ1) is 11.4. The summed E-state index contributed by atoms with van der Waals surface area (Å²) in [6.45, 7) is 3.89. The van der Waals surface area contributed by atoms with Gasteiger partial charge in [0, 0.05) is 34.3 Å². The molecule has 0 aliphatic carbocycles. The molecule has 0 amide bonds. The zero-order valence-corrected chi connectivity index (χ0v) is 13.7. The Labute approximate surface area is 140 Å². The molecule has 122 valence electrons. The number of aromatic nitrogens is 2. The Morgan fingerprint density at radius 3 is 2.83 bits per heavy atom. The number of thiazole rings is 1. The molecule has 3 rings (SSSR count). The molecule has 3 aromatic rings. The number of carbonyl (C=O) groups is 1. The first-order valence-electron chi connectivity index (χ1n) is 7.02. The lowest BCUT2D eigenvalue weighted by Gasteiger charge is -2.02. The molecule has 0 fully saturated rings. The normalized spacial score (nSPS) is 11.4. The van der Waals surface area contributed by atoms with Crippen molar-refractivity contribution in [1.82, 2.24) is 9.38 Å². The summed E-state index contributed by atoms with van der Waals surface area (Å²) < 4.78 is 1.87. The maximum atomic E-state index is 11.0. The highest BCUT2D eigenvalue weighted by atomic mass is 32.1. The molecule has 0 bridgehead atoms. The summed E-state index contributed by atoms with van der Waals surface area (Å²) in [5.41, 5.74) is 2.61. The smallest absolute Gasteiger partial charge is 0.328 e. The second kappa shape index (κ2) is 5.89. The molecule has 0 atom stereocenters. The third kappa shape index (κ3) is 2.67. The Balaban J connectivity index is 2.27. The van der Waals surface area contributed by atoms with Crippen LogP contribution in [0.25, 0.3) is 22.3 Å². The van der Waals surface area contributed by atoms with Gasteiger partial charge in [0.25, 0.3) is 5.69 Å². The summed E-state index contributed by atoms with van der Waals surface area (Å²) in [4.78, 5) is 27.8. The lowest BCUT2D eigenvalue weighted by atomic mass is 10.1. The number of hydrogen-bond acceptors (Lipinski definition) is 5. The fourth-order valence-electron chi connectivity index (χ4n) is 2.46. The number of aryl methyl sites for hydroxylation is 2. The summed E-state index contributed by atoms with van der Waals surface area (Å²) in [5, 5.41) is 19.9. The molecule has 1 N–H and O–H groups in total. The van der Waals surface area contributed by atoms with Crippen molar-refractivity contribution in [2.24, 2.45) is 0 Å². The van der Waals surface area contributed by atoms with Crippen LogP contribution in [0.3, 0.4) is 0 Å². The second-order valence-corrected chi connectivity index (χ2v) is 6.37. The minimum absolute atomic E-state index is 0.0371. The summed E-state index contributed by atoms with van der Waals surface area (Å²) in [7, 11) is 0. The third-order valence-electron chi connectivity index (χ3n) is 3.69. The molecule has 24 heavy (non-hydrogen) atoms. The van der Waals surface area contributed by atoms with E-state index in [1.54, 1.807) is 12.1 Å². The van der Waals surface area contributed by atoms with E-state index in [4.69, 9.17) is 5.11 Å². The van der Waals surface area contributed by atoms with Gasteiger partial charge in [-0.05, 0) is 19.9 Å². The molecule has 0 spiro atoms. The van der Waals surface area contributed by atoms with Crippen LogP contribution in [0.4, 0.5) is 5.69 Å². The van der Waals surface area contributed by atoms with Crippen LogP contribution in [0, 0.1) is 24.0 Å². The molecule has 8 heteroatoms. The average Bonchev–Trinajstić information content (AvgIpc) is 3.02. The van der Waals surface area contributed by atoms with Gasteiger partial charge in [-0.1, -0.05) is 12.1 Å². The van der Waals surface area contributed by atoms with Gasteiger partial charge in [0.1, 0.15) is 0 Å². The summed E-state index contributed by atoms with van der Waals surface area (Å²) in [5.74, 6) is -1.07. The van der Waals surface area contributed by atoms with E-state index in [-0.39, 0.29) is 5.69 Å². The number of non-ortho nitro benzene ring substituents is 1. The lowest BCUT2D eigenvalue weighted by molar-refractivity contribution is -0.384. The molecular formula is C16H13N3O4S. The number of hydrogen-bond donors (Lipinski definition) is 1. The first-order valence-corrected chi connectivity index (χ1v) is 7.84. The Hall–Kier alpha value is -3.00. The van der Waals surface area contributed by atoms with Crippen LogP contribution < -0.4 is 0 Å². The van der Waals surface area contributed by atoms with Crippen molar-refractivity contribution < 1.29 is 14.8 Å².